The summed E-state index contributed by atoms with van der Waals surface area (Å²) in [6.07, 6.45) is 6.30. The fourth-order valence-electron chi connectivity index (χ4n) is 0.285. The van der Waals surface area contributed by atoms with Crippen LogP contribution in [0, 0.1) is 6.42 Å². The van der Waals surface area contributed by atoms with Crippen LogP contribution in [-0.4, -0.2) is 23.1 Å². The normalized spacial score (nSPS) is 5.62. The molecule has 0 amide bonds. The van der Waals surface area contributed by atoms with Gasteiger partial charge in [0.05, 0.1) is 0 Å². The van der Waals surface area contributed by atoms with Crippen LogP contribution in [0.3, 0.4) is 0 Å². The molecule has 0 nitrogen and oxygen atoms in total. The minimum Gasteiger partial charge on any atom is -1.00 e. The summed E-state index contributed by atoms with van der Waals surface area (Å²) in [5, 5.41) is 0. The number of hydrogen-bond acceptors (Lipinski definition) is 0. The Labute approximate surface area is 74.3 Å². The van der Waals surface area contributed by atoms with Crippen LogP contribution in [0.25, 0.3) is 0 Å². The van der Waals surface area contributed by atoms with Gasteiger partial charge in [-0.2, -0.15) is 0 Å². The Kier molecular flexibility index (Phi) is 31.0. The summed E-state index contributed by atoms with van der Waals surface area (Å²) in [6, 6.07) is 0. The predicted octanol–water partition coefficient (Wildman–Crippen LogP) is -1.20. The Morgan fingerprint density at radius 1 is 1.62 bits per heavy atom. The smallest absolute Gasteiger partial charge is 1.00 e. The van der Waals surface area contributed by atoms with Crippen LogP contribution in [0.5, 0.6) is 0 Å². The van der Waals surface area contributed by atoms with E-state index in [-0.39, 0.29) is 35.5 Å². The quantitative estimate of drug-likeness (QED) is 0.264. The van der Waals surface area contributed by atoms with E-state index in [2.05, 4.69) is 19.9 Å². The first-order chi connectivity index (χ1) is 2.91. The molecule has 0 bridgehead atoms. The van der Waals surface area contributed by atoms with Gasteiger partial charge in [0.1, 0.15) is 0 Å². The Morgan fingerprint density at radius 3 is 2.25 bits per heavy atom. The summed E-state index contributed by atoms with van der Waals surface area (Å²) in [6.45, 7) is 5.70. The molecule has 0 fully saturated rings. The molecule has 0 aliphatic heterocycles. The van der Waals surface area contributed by atoms with Crippen LogP contribution in [0.4, 0.5) is 0 Å². The van der Waals surface area contributed by atoms with E-state index in [1.807, 2.05) is 6.08 Å². The molecule has 0 N–H and O–H groups in total. The van der Waals surface area contributed by atoms with Gasteiger partial charge in [0.2, 0.25) is 0 Å². The van der Waals surface area contributed by atoms with Crippen molar-refractivity contribution >= 4 is 23.1 Å². The summed E-state index contributed by atoms with van der Waals surface area (Å²) >= 11 is 0. The minimum atomic E-state index is 0. The van der Waals surface area contributed by atoms with E-state index in [1.54, 1.807) is 0 Å². The Bertz CT molecular complexity index is 37.5. The van der Waals surface area contributed by atoms with Crippen molar-refractivity contribution in [3.63, 3.8) is 0 Å². The summed E-state index contributed by atoms with van der Waals surface area (Å²) < 4.78 is 0. The third kappa shape index (κ3) is 15.9. The second kappa shape index (κ2) is 15.6. The van der Waals surface area contributed by atoms with Gasteiger partial charge in [0, 0.05) is 0 Å². The van der Waals surface area contributed by atoms with E-state index in [4.69, 9.17) is 0 Å². The maximum Gasteiger partial charge on any atom is 2.00 e. The van der Waals surface area contributed by atoms with Crippen molar-refractivity contribution in [3.8, 4) is 0 Å². The van der Waals surface area contributed by atoms with Gasteiger partial charge in [-0.1, -0.05) is 13.3 Å². The van der Waals surface area contributed by atoms with Crippen LogP contribution < -0.4 is 12.4 Å². The van der Waals surface area contributed by atoms with Crippen LogP contribution in [0.15, 0.2) is 12.7 Å². The number of rotatable bonds is 3. The zero-order valence-electron chi connectivity index (χ0n) is 5.36. The first-order valence-electron chi connectivity index (χ1n) is 2.36. The van der Waals surface area contributed by atoms with Gasteiger partial charge in [-0.05, 0) is 0 Å². The molecule has 0 atom stereocenters. The van der Waals surface area contributed by atoms with E-state index in [9.17, 15) is 0 Å². The topological polar surface area (TPSA) is 0 Å². The molecule has 0 saturated heterocycles. The second-order valence-electron chi connectivity index (χ2n) is 1.26. The molecule has 8 heavy (non-hydrogen) atoms. The first kappa shape index (κ1) is 15.9. The number of unbranched alkanes of at least 4 members (excludes halogenated alkanes) is 2. The van der Waals surface area contributed by atoms with Gasteiger partial charge in [0.15, 0.2) is 0 Å². The maximum absolute atomic E-state index is 3.54. The molecular formula is C6H11ClMg. The number of hydrogen-bond donors (Lipinski definition) is 0. The van der Waals surface area contributed by atoms with Gasteiger partial charge >= 0.3 is 23.1 Å². The molecule has 2 heteroatoms. The molecule has 0 aromatic carbocycles. The molecule has 0 radical (unpaired) electrons. The predicted molar refractivity (Wildman–Crippen MR) is 35.2 cm³/mol. The minimum absolute atomic E-state index is 0. The number of allylic oxidation sites excluding steroid dienone is 1. The molecule has 0 saturated carbocycles. The average molecular weight is 143 g/mol. The SMILES string of the molecule is C=C[CH-]CCC.[Cl-].[Mg+2]. The zero-order valence-corrected chi connectivity index (χ0v) is 7.53. The molecule has 0 aliphatic rings. The van der Waals surface area contributed by atoms with Crippen molar-refractivity contribution in [1.82, 2.24) is 0 Å². The van der Waals surface area contributed by atoms with Crippen LogP contribution in [0.2, 0.25) is 0 Å². The van der Waals surface area contributed by atoms with Crippen molar-refractivity contribution in [1.29, 1.82) is 0 Å². The molecular weight excluding hydrogens is 132 g/mol. The fraction of sp³-hybridized carbons (Fsp3) is 0.500. The summed E-state index contributed by atoms with van der Waals surface area (Å²) in [7, 11) is 0. The van der Waals surface area contributed by atoms with Gasteiger partial charge in [-0.15, -0.1) is 6.42 Å². The van der Waals surface area contributed by atoms with E-state index >= 15 is 0 Å². The van der Waals surface area contributed by atoms with Gasteiger partial charge < -0.3 is 12.4 Å². The van der Waals surface area contributed by atoms with Gasteiger partial charge in [-0.3, -0.25) is 0 Å². The van der Waals surface area contributed by atoms with E-state index < -0.39 is 0 Å². The largest absolute Gasteiger partial charge is 2.00 e. The molecule has 0 aromatic heterocycles. The molecule has 0 heterocycles. The van der Waals surface area contributed by atoms with Crippen molar-refractivity contribution in [3.05, 3.63) is 19.1 Å². The van der Waals surface area contributed by atoms with Crippen molar-refractivity contribution in [2.24, 2.45) is 0 Å². The Balaban J connectivity index is -0.000000125. The van der Waals surface area contributed by atoms with E-state index in [1.165, 1.54) is 12.8 Å². The van der Waals surface area contributed by atoms with Crippen molar-refractivity contribution in [2.75, 3.05) is 0 Å². The Hall–Kier alpha value is 0.666. The summed E-state index contributed by atoms with van der Waals surface area (Å²) in [5.41, 5.74) is 0. The third-order valence-electron chi connectivity index (χ3n) is 0.622. The molecule has 0 unspecified atom stereocenters. The zero-order chi connectivity index (χ0) is 4.83. The molecule has 0 rings (SSSR count). The van der Waals surface area contributed by atoms with Crippen LogP contribution in [0.1, 0.15) is 19.8 Å². The molecule has 0 aliphatic carbocycles. The number of halogens is 1. The third-order valence-corrected chi connectivity index (χ3v) is 0.622. The first-order valence-corrected chi connectivity index (χ1v) is 2.36. The standard InChI is InChI=1S/C6H11.ClH.Mg/c1-3-5-6-4-2;;/h3,5H,1,4,6H2,2H3;1H;/q-1;;+2/p-1. The van der Waals surface area contributed by atoms with Gasteiger partial charge in [-0.25, -0.2) is 19.1 Å². The fourth-order valence-corrected chi connectivity index (χ4v) is 0.285. The second-order valence-corrected chi connectivity index (χ2v) is 1.26. The maximum atomic E-state index is 3.54. The van der Waals surface area contributed by atoms with Crippen molar-refractivity contribution < 1.29 is 12.4 Å². The average Bonchev–Trinajstić information content (AvgIpc) is 1.61. The van der Waals surface area contributed by atoms with Crippen LogP contribution >= 0.6 is 0 Å². The molecule has 0 aromatic rings. The van der Waals surface area contributed by atoms with Gasteiger partial charge in [0.25, 0.3) is 0 Å². The monoisotopic (exact) mass is 142 g/mol. The van der Waals surface area contributed by atoms with E-state index in [0.29, 0.717) is 0 Å². The molecule has 44 valence electrons. The van der Waals surface area contributed by atoms with E-state index in [0.717, 1.165) is 0 Å². The van der Waals surface area contributed by atoms with Crippen LogP contribution in [-0.2, 0) is 0 Å². The summed E-state index contributed by atoms with van der Waals surface area (Å²) in [4.78, 5) is 0. The molecule has 0 spiro atoms. The Morgan fingerprint density at radius 2 is 2.12 bits per heavy atom. The van der Waals surface area contributed by atoms with Crippen molar-refractivity contribution in [2.45, 2.75) is 19.8 Å². The summed E-state index contributed by atoms with van der Waals surface area (Å²) in [5.74, 6) is 0.